The second kappa shape index (κ2) is 7.94. The van der Waals surface area contributed by atoms with Crippen molar-refractivity contribution in [2.24, 2.45) is 0 Å². The molecule has 0 spiro atoms. The summed E-state index contributed by atoms with van der Waals surface area (Å²) >= 11 is 0. The summed E-state index contributed by atoms with van der Waals surface area (Å²) in [5, 5.41) is 13.0. The fourth-order valence-corrected chi connectivity index (χ4v) is 2.77. The van der Waals surface area contributed by atoms with Crippen molar-refractivity contribution in [3.63, 3.8) is 0 Å². The fraction of sp³-hybridized carbons (Fsp3) is 0.529. The number of carbonyl (C=O) groups is 2. The van der Waals surface area contributed by atoms with Crippen LogP contribution in [0, 0.1) is 0 Å². The summed E-state index contributed by atoms with van der Waals surface area (Å²) in [5.41, 5.74) is 1.34. The smallest absolute Gasteiger partial charge is 0.335 e. The molecule has 1 aromatic carbocycles. The molecule has 1 N–H and O–H groups in total. The van der Waals surface area contributed by atoms with Gasteiger partial charge in [0.05, 0.1) is 5.56 Å². The third-order valence-corrected chi connectivity index (χ3v) is 4.08. The zero-order chi connectivity index (χ0) is 15.9. The maximum absolute atomic E-state index is 12.2. The predicted molar refractivity (Wildman–Crippen MR) is 84.5 cm³/mol. The minimum absolute atomic E-state index is 0.157. The number of hydrogen-bond donors (Lipinski definition) is 1. The molecule has 0 aliphatic carbocycles. The molecular formula is C17H24N2O3. The molecule has 1 amide bonds. The van der Waals surface area contributed by atoms with Crippen molar-refractivity contribution in [3.8, 4) is 0 Å². The van der Waals surface area contributed by atoms with E-state index in [0.29, 0.717) is 18.5 Å². The van der Waals surface area contributed by atoms with E-state index in [0.717, 1.165) is 37.9 Å². The lowest BCUT2D eigenvalue weighted by atomic mass is 10.1. The van der Waals surface area contributed by atoms with E-state index >= 15 is 0 Å². The molecule has 0 bridgehead atoms. The summed E-state index contributed by atoms with van der Waals surface area (Å²) in [6.45, 7) is 4.44. The Morgan fingerprint density at radius 2 is 1.77 bits per heavy atom. The van der Waals surface area contributed by atoms with Gasteiger partial charge in [-0.05, 0) is 37.0 Å². The highest BCUT2D eigenvalue weighted by molar-refractivity contribution is 5.87. The second-order valence-corrected chi connectivity index (χ2v) is 5.64. The van der Waals surface area contributed by atoms with E-state index in [-0.39, 0.29) is 5.91 Å². The lowest BCUT2D eigenvalue weighted by molar-refractivity contribution is -0.150. The molecule has 1 heterocycles. The third kappa shape index (κ3) is 4.31. The van der Waals surface area contributed by atoms with Gasteiger partial charge in [-0.3, -0.25) is 9.80 Å². The molecule has 1 aromatic rings. The van der Waals surface area contributed by atoms with E-state index in [4.69, 9.17) is 5.11 Å². The van der Waals surface area contributed by atoms with Gasteiger partial charge in [-0.1, -0.05) is 25.5 Å². The van der Waals surface area contributed by atoms with Gasteiger partial charge >= 0.3 is 5.97 Å². The normalized spacial score (nSPS) is 15.5. The molecule has 2 rings (SSSR count). The molecule has 22 heavy (non-hydrogen) atoms. The number of piperidine rings is 1. The Morgan fingerprint density at radius 1 is 1.14 bits per heavy atom. The van der Waals surface area contributed by atoms with E-state index in [9.17, 15) is 9.59 Å². The molecule has 5 nitrogen and oxygen atoms in total. The van der Waals surface area contributed by atoms with Crippen LogP contribution in [0.2, 0.25) is 0 Å². The number of carboxylic acid groups (broad SMARTS) is 1. The average Bonchev–Trinajstić information content (AvgIpc) is 2.56. The van der Waals surface area contributed by atoms with Crippen LogP contribution < -0.4 is 0 Å². The quantitative estimate of drug-likeness (QED) is 0.877. The van der Waals surface area contributed by atoms with Crippen LogP contribution >= 0.6 is 0 Å². The maximum atomic E-state index is 12.2. The monoisotopic (exact) mass is 304 g/mol. The van der Waals surface area contributed by atoms with Crippen molar-refractivity contribution in [2.75, 3.05) is 19.6 Å². The first-order chi connectivity index (χ1) is 10.6. The number of benzene rings is 1. The van der Waals surface area contributed by atoms with Gasteiger partial charge in [0.15, 0.2) is 0 Å². The van der Waals surface area contributed by atoms with E-state index in [2.05, 4.69) is 5.01 Å². The van der Waals surface area contributed by atoms with Gasteiger partial charge in [-0.15, -0.1) is 0 Å². The van der Waals surface area contributed by atoms with Crippen LogP contribution in [-0.4, -0.2) is 46.6 Å². The van der Waals surface area contributed by atoms with E-state index < -0.39 is 5.97 Å². The Labute approximate surface area is 131 Å². The molecule has 0 unspecified atom stereocenters. The van der Waals surface area contributed by atoms with E-state index in [1.54, 1.807) is 12.1 Å². The van der Waals surface area contributed by atoms with Crippen LogP contribution in [0.25, 0.3) is 0 Å². The number of hydrogen-bond acceptors (Lipinski definition) is 3. The zero-order valence-corrected chi connectivity index (χ0v) is 13.1. The fourth-order valence-electron chi connectivity index (χ4n) is 2.77. The number of aromatic carboxylic acids is 1. The second-order valence-electron chi connectivity index (χ2n) is 5.64. The highest BCUT2D eigenvalue weighted by Gasteiger charge is 2.21. The first-order valence-corrected chi connectivity index (χ1v) is 7.99. The van der Waals surface area contributed by atoms with Gasteiger partial charge in [-0.2, -0.15) is 0 Å². The summed E-state index contributed by atoms with van der Waals surface area (Å²) in [4.78, 5) is 23.0. The van der Waals surface area contributed by atoms with Crippen LogP contribution in [0.3, 0.4) is 0 Å². The Balaban J connectivity index is 1.97. The first kappa shape index (κ1) is 16.5. The number of rotatable bonds is 6. The Kier molecular flexibility index (Phi) is 5.95. The average molecular weight is 304 g/mol. The van der Waals surface area contributed by atoms with Crippen LogP contribution in [0.15, 0.2) is 24.3 Å². The maximum Gasteiger partial charge on any atom is 0.335 e. The highest BCUT2D eigenvalue weighted by Crippen LogP contribution is 2.14. The van der Waals surface area contributed by atoms with Crippen LogP contribution in [0.1, 0.15) is 48.5 Å². The first-order valence-electron chi connectivity index (χ1n) is 7.99. The van der Waals surface area contributed by atoms with Crippen LogP contribution in [0.4, 0.5) is 0 Å². The molecule has 0 aromatic heterocycles. The Morgan fingerprint density at radius 3 is 2.32 bits per heavy atom. The molecular weight excluding hydrogens is 280 g/mol. The minimum atomic E-state index is -0.914. The standard InChI is InChI=1S/C17H24N2O3/c1-2-16(20)19(18-11-4-3-5-12-18)13-10-14-6-8-15(9-7-14)17(21)22/h6-9H,2-5,10-13H2,1H3,(H,21,22). The Hall–Kier alpha value is -1.88. The highest BCUT2D eigenvalue weighted by atomic mass is 16.4. The largest absolute Gasteiger partial charge is 0.478 e. The minimum Gasteiger partial charge on any atom is -0.478 e. The van der Waals surface area contributed by atoms with Gasteiger partial charge in [0.2, 0.25) is 5.91 Å². The lowest BCUT2D eigenvalue weighted by Crippen LogP contribution is -2.49. The Bertz CT molecular complexity index is 507. The third-order valence-electron chi connectivity index (χ3n) is 4.08. The summed E-state index contributed by atoms with van der Waals surface area (Å²) in [7, 11) is 0. The SMILES string of the molecule is CCC(=O)N(CCc1ccc(C(=O)O)cc1)N1CCCCC1. The number of carboxylic acids is 1. The van der Waals surface area contributed by atoms with Gasteiger partial charge < -0.3 is 5.11 Å². The molecule has 1 saturated heterocycles. The van der Waals surface area contributed by atoms with Gasteiger partial charge in [0.1, 0.15) is 0 Å². The van der Waals surface area contributed by atoms with Gasteiger partial charge in [0.25, 0.3) is 0 Å². The van der Waals surface area contributed by atoms with Crippen molar-refractivity contribution < 1.29 is 14.7 Å². The van der Waals surface area contributed by atoms with E-state index in [1.807, 2.05) is 24.1 Å². The number of carbonyl (C=O) groups excluding carboxylic acids is 1. The van der Waals surface area contributed by atoms with Crippen LogP contribution in [0.5, 0.6) is 0 Å². The zero-order valence-electron chi connectivity index (χ0n) is 13.1. The van der Waals surface area contributed by atoms with Crippen molar-refractivity contribution in [1.29, 1.82) is 0 Å². The molecule has 0 atom stereocenters. The molecule has 1 aliphatic heterocycles. The molecule has 5 heteroatoms. The number of hydrazine groups is 1. The summed E-state index contributed by atoms with van der Waals surface area (Å²) in [5.74, 6) is -0.758. The number of amides is 1. The summed E-state index contributed by atoms with van der Waals surface area (Å²) in [6, 6.07) is 6.89. The van der Waals surface area contributed by atoms with Crippen molar-refractivity contribution >= 4 is 11.9 Å². The predicted octanol–water partition coefficient (Wildman–Crippen LogP) is 2.57. The van der Waals surface area contributed by atoms with Crippen molar-refractivity contribution in [3.05, 3.63) is 35.4 Å². The number of nitrogens with zero attached hydrogens (tertiary/aromatic N) is 2. The van der Waals surface area contributed by atoms with Gasteiger partial charge in [-0.25, -0.2) is 9.80 Å². The van der Waals surface area contributed by atoms with Gasteiger partial charge in [0, 0.05) is 26.1 Å². The topological polar surface area (TPSA) is 60.9 Å². The molecule has 0 radical (unpaired) electrons. The molecule has 1 fully saturated rings. The van der Waals surface area contributed by atoms with Crippen molar-refractivity contribution in [1.82, 2.24) is 10.0 Å². The summed E-state index contributed by atoms with van der Waals surface area (Å²) in [6.07, 6.45) is 4.76. The van der Waals surface area contributed by atoms with E-state index in [1.165, 1.54) is 6.42 Å². The molecule has 0 saturated carbocycles. The molecule has 1 aliphatic rings. The van der Waals surface area contributed by atoms with Crippen molar-refractivity contribution in [2.45, 2.75) is 39.0 Å². The summed E-state index contributed by atoms with van der Waals surface area (Å²) < 4.78 is 0. The lowest BCUT2D eigenvalue weighted by Gasteiger charge is -2.37. The molecule has 120 valence electrons. The van der Waals surface area contributed by atoms with Crippen LogP contribution in [-0.2, 0) is 11.2 Å².